The van der Waals surface area contributed by atoms with Crippen molar-refractivity contribution in [3.63, 3.8) is 0 Å². The summed E-state index contributed by atoms with van der Waals surface area (Å²) in [5.41, 5.74) is 5.12. The zero-order valence-electron chi connectivity index (χ0n) is 20.3. The Hall–Kier alpha value is -2.53. The predicted octanol–water partition coefficient (Wildman–Crippen LogP) is 5.72. The van der Waals surface area contributed by atoms with E-state index < -0.39 is 5.60 Å². The number of nitrogens with one attached hydrogen (secondary N) is 1. The zero-order chi connectivity index (χ0) is 23.1. The first-order valence-electron chi connectivity index (χ1n) is 12.5. The Bertz CT molecular complexity index is 990. The molecule has 0 bridgehead atoms. The van der Waals surface area contributed by atoms with Gasteiger partial charge < -0.3 is 15.0 Å². The third-order valence-electron chi connectivity index (χ3n) is 7.55. The van der Waals surface area contributed by atoms with Gasteiger partial charge in [-0.25, -0.2) is 4.79 Å². The first-order chi connectivity index (χ1) is 15.8. The van der Waals surface area contributed by atoms with E-state index in [4.69, 9.17) is 4.74 Å². The van der Waals surface area contributed by atoms with Gasteiger partial charge >= 0.3 is 6.09 Å². The molecule has 3 heterocycles. The van der Waals surface area contributed by atoms with Gasteiger partial charge in [-0.3, -0.25) is 4.90 Å². The number of hydrogen-bond acceptors (Lipinski definition) is 4. The molecule has 5 heteroatoms. The van der Waals surface area contributed by atoms with Crippen molar-refractivity contribution in [2.45, 2.75) is 70.1 Å². The maximum absolute atomic E-state index is 13.0. The fourth-order valence-electron chi connectivity index (χ4n) is 5.98. The molecule has 3 aliphatic rings. The standard InChI is InChI=1S/C28H37N3O2/c1-27(2,3)33-26(32)31-16-8-13-24(31)22-11-7-12-23-25(22)28(20-29-23)14-17-30(18-15-28)19-21-9-5-4-6-10-21/h4-7,9-12,24,29H,8,13-20H2,1-3H3. The van der Waals surface area contributed by atoms with Gasteiger partial charge in [0.1, 0.15) is 5.60 Å². The minimum Gasteiger partial charge on any atom is -0.444 e. The molecule has 2 aromatic carbocycles. The average molecular weight is 448 g/mol. The van der Waals surface area contributed by atoms with Crippen LogP contribution in [0.4, 0.5) is 10.5 Å². The Labute approximate surface area is 198 Å². The van der Waals surface area contributed by atoms with Crippen molar-refractivity contribution in [1.82, 2.24) is 9.80 Å². The van der Waals surface area contributed by atoms with Crippen LogP contribution in [0.25, 0.3) is 0 Å². The Morgan fingerprint density at radius 2 is 1.82 bits per heavy atom. The quantitative estimate of drug-likeness (QED) is 0.654. The Balaban J connectivity index is 1.37. The number of piperidine rings is 1. The molecular formula is C28H37N3O2. The number of anilines is 1. The van der Waals surface area contributed by atoms with E-state index >= 15 is 0 Å². The van der Waals surface area contributed by atoms with Crippen molar-refractivity contribution in [1.29, 1.82) is 0 Å². The number of rotatable bonds is 3. The van der Waals surface area contributed by atoms with Crippen molar-refractivity contribution in [2.24, 2.45) is 0 Å². The van der Waals surface area contributed by atoms with Crippen LogP contribution in [0.5, 0.6) is 0 Å². The number of ether oxygens (including phenoxy) is 1. The van der Waals surface area contributed by atoms with Crippen LogP contribution in [0.3, 0.4) is 0 Å². The number of nitrogens with zero attached hydrogens (tertiary/aromatic N) is 2. The van der Waals surface area contributed by atoms with Gasteiger partial charge in [0.15, 0.2) is 0 Å². The molecule has 1 N–H and O–H groups in total. The molecule has 176 valence electrons. The summed E-state index contributed by atoms with van der Waals surface area (Å²) in [4.78, 5) is 17.6. The van der Waals surface area contributed by atoms with Crippen LogP contribution in [-0.2, 0) is 16.7 Å². The summed E-state index contributed by atoms with van der Waals surface area (Å²) in [6.45, 7) is 10.8. The third-order valence-corrected chi connectivity index (χ3v) is 7.55. The average Bonchev–Trinajstić information content (AvgIpc) is 3.41. The predicted molar refractivity (Wildman–Crippen MR) is 132 cm³/mol. The molecule has 33 heavy (non-hydrogen) atoms. The fraction of sp³-hybridized carbons (Fsp3) is 0.536. The molecule has 0 saturated carbocycles. The summed E-state index contributed by atoms with van der Waals surface area (Å²) in [5.74, 6) is 0. The summed E-state index contributed by atoms with van der Waals surface area (Å²) >= 11 is 0. The van der Waals surface area contributed by atoms with Crippen LogP contribution in [0.2, 0.25) is 0 Å². The van der Waals surface area contributed by atoms with Crippen LogP contribution in [0.1, 0.15) is 69.2 Å². The number of carbonyl (C=O) groups excluding carboxylic acids is 1. The van der Waals surface area contributed by atoms with Crippen LogP contribution in [0.15, 0.2) is 48.5 Å². The van der Waals surface area contributed by atoms with E-state index in [1.807, 2.05) is 25.7 Å². The van der Waals surface area contributed by atoms with Crippen molar-refractivity contribution >= 4 is 11.8 Å². The van der Waals surface area contributed by atoms with Gasteiger partial charge in [0, 0.05) is 30.7 Å². The molecule has 3 aliphatic heterocycles. The van der Waals surface area contributed by atoms with E-state index in [0.29, 0.717) is 0 Å². The fourth-order valence-corrected chi connectivity index (χ4v) is 5.98. The molecule has 0 aliphatic carbocycles. The van der Waals surface area contributed by atoms with Crippen molar-refractivity contribution in [2.75, 3.05) is 31.5 Å². The summed E-state index contributed by atoms with van der Waals surface area (Å²) in [7, 11) is 0. The molecular weight excluding hydrogens is 410 g/mol. The van der Waals surface area contributed by atoms with E-state index in [1.165, 1.54) is 22.4 Å². The maximum atomic E-state index is 13.0. The Morgan fingerprint density at radius 3 is 2.55 bits per heavy atom. The highest BCUT2D eigenvalue weighted by atomic mass is 16.6. The van der Waals surface area contributed by atoms with Gasteiger partial charge in [-0.2, -0.15) is 0 Å². The van der Waals surface area contributed by atoms with E-state index in [1.54, 1.807) is 0 Å². The van der Waals surface area contributed by atoms with Crippen molar-refractivity contribution < 1.29 is 9.53 Å². The highest BCUT2D eigenvalue weighted by Gasteiger charge is 2.45. The monoisotopic (exact) mass is 447 g/mol. The van der Waals surface area contributed by atoms with E-state index in [2.05, 4.69) is 58.7 Å². The lowest BCUT2D eigenvalue weighted by atomic mass is 9.71. The number of benzene rings is 2. The summed E-state index contributed by atoms with van der Waals surface area (Å²) in [6.07, 6.45) is 4.15. The van der Waals surface area contributed by atoms with E-state index in [-0.39, 0.29) is 17.6 Å². The van der Waals surface area contributed by atoms with Crippen molar-refractivity contribution in [3.05, 3.63) is 65.2 Å². The normalized spacial score (nSPS) is 22.3. The minimum absolute atomic E-state index is 0.105. The van der Waals surface area contributed by atoms with E-state index in [9.17, 15) is 4.79 Å². The minimum atomic E-state index is -0.475. The number of hydrogen-bond donors (Lipinski definition) is 1. The van der Waals surface area contributed by atoms with Gasteiger partial charge in [-0.1, -0.05) is 42.5 Å². The van der Waals surface area contributed by atoms with Gasteiger partial charge in [-0.05, 0) is 82.3 Å². The molecule has 1 spiro atoms. The number of carbonyl (C=O) groups is 1. The van der Waals surface area contributed by atoms with Crippen LogP contribution >= 0.6 is 0 Å². The Morgan fingerprint density at radius 1 is 1.06 bits per heavy atom. The van der Waals surface area contributed by atoms with E-state index in [0.717, 1.165) is 58.4 Å². The van der Waals surface area contributed by atoms with Gasteiger partial charge in [0.05, 0.1) is 6.04 Å². The van der Waals surface area contributed by atoms with Gasteiger partial charge in [-0.15, -0.1) is 0 Å². The molecule has 5 rings (SSSR count). The number of fused-ring (bicyclic) bond motifs is 2. The lowest BCUT2D eigenvalue weighted by molar-refractivity contribution is 0.0222. The molecule has 0 radical (unpaired) electrons. The molecule has 5 nitrogen and oxygen atoms in total. The highest BCUT2D eigenvalue weighted by molar-refractivity contribution is 5.71. The third kappa shape index (κ3) is 4.48. The van der Waals surface area contributed by atoms with Crippen LogP contribution < -0.4 is 5.32 Å². The molecule has 1 unspecified atom stereocenters. The topological polar surface area (TPSA) is 44.8 Å². The maximum Gasteiger partial charge on any atom is 0.410 e. The van der Waals surface area contributed by atoms with Gasteiger partial charge in [0.2, 0.25) is 0 Å². The molecule has 2 aromatic rings. The number of likely N-dealkylation sites (tertiary alicyclic amines) is 2. The molecule has 0 aromatic heterocycles. The SMILES string of the molecule is CC(C)(C)OC(=O)N1CCCC1c1cccc2c1C1(CCN(Cc3ccccc3)CC1)CN2. The second-order valence-corrected chi connectivity index (χ2v) is 11.0. The lowest BCUT2D eigenvalue weighted by Crippen LogP contribution is -2.44. The second-order valence-electron chi connectivity index (χ2n) is 11.0. The smallest absolute Gasteiger partial charge is 0.410 e. The first kappa shape index (κ1) is 22.3. The molecule has 2 fully saturated rings. The first-order valence-corrected chi connectivity index (χ1v) is 12.5. The second kappa shape index (κ2) is 8.68. The zero-order valence-corrected chi connectivity index (χ0v) is 20.3. The summed E-state index contributed by atoms with van der Waals surface area (Å²) in [6, 6.07) is 17.5. The number of amides is 1. The summed E-state index contributed by atoms with van der Waals surface area (Å²) in [5, 5.41) is 3.72. The summed E-state index contributed by atoms with van der Waals surface area (Å²) < 4.78 is 5.77. The van der Waals surface area contributed by atoms with Crippen LogP contribution in [-0.4, -0.2) is 47.7 Å². The molecule has 1 amide bonds. The van der Waals surface area contributed by atoms with Gasteiger partial charge in [0.25, 0.3) is 0 Å². The molecule has 2 saturated heterocycles. The Kier molecular flexibility index (Phi) is 5.86. The lowest BCUT2D eigenvalue weighted by Gasteiger charge is -2.41. The van der Waals surface area contributed by atoms with Crippen LogP contribution in [0, 0.1) is 0 Å². The largest absolute Gasteiger partial charge is 0.444 e. The highest BCUT2D eigenvalue weighted by Crippen LogP contribution is 2.49. The molecule has 1 atom stereocenters. The van der Waals surface area contributed by atoms with Crippen molar-refractivity contribution in [3.8, 4) is 0 Å².